The lowest BCUT2D eigenvalue weighted by atomic mass is 9.86. The molecule has 3 fully saturated rings. The minimum Gasteiger partial charge on any atom is -0.507 e. The van der Waals surface area contributed by atoms with Crippen molar-refractivity contribution in [1.82, 2.24) is 25.8 Å². The molecule has 2 saturated heterocycles. The van der Waals surface area contributed by atoms with E-state index in [1.807, 2.05) is 12.3 Å². The van der Waals surface area contributed by atoms with Gasteiger partial charge in [0, 0.05) is 62.5 Å². The molecule has 7 nitrogen and oxygen atoms in total. The van der Waals surface area contributed by atoms with Crippen molar-refractivity contribution in [2.45, 2.75) is 108 Å². The molecule has 5 rings (SSSR count). The first-order chi connectivity index (χ1) is 20.0. The lowest BCUT2D eigenvalue weighted by Crippen LogP contribution is -2.48. The summed E-state index contributed by atoms with van der Waals surface area (Å²) in [7, 11) is 0. The van der Waals surface area contributed by atoms with Gasteiger partial charge in [-0.3, -0.25) is 9.80 Å². The standard InChI is InChI=1S/C34H55N5O2/c1-26-18-28(21-38(23-30-11-4-7-15-35-30)20-27-10-2-3-14-33(27)40)34(41)29(19-26)22-39(24-31-12-5-8-16-36-31)25-32-13-6-9-17-37-32/h4,7,11,15,18-19,27,30-33,35-37,40-41H,2-3,5-6,8-10,12-14,16-17,20-25H2,1H3. The third-order valence-electron chi connectivity index (χ3n) is 9.66. The molecule has 3 aliphatic heterocycles. The van der Waals surface area contributed by atoms with Crippen LogP contribution in [0.1, 0.15) is 80.9 Å². The van der Waals surface area contributed by atoms with E-state index in [0.29, 0.717) is 30.3 Å². The van der Waals surface area contributed by atoms with Gasteiger partial charge in [-0.05, 0) is 76.7 Å². The van der Waals surface area contributed by atoms with Crippen molar-refractivity contribution in [3.8, 4) is 5.75 Å². The van der Waals surface area contributed by atoms with Gasteiger partial charge in [0.2, 0.25) is 0 Å². The fourth-order valence-corrected chi connectivity index (χ4v) is 7.46. The molecule has 0 bridgehead atoms. The summed E-state index contributed by atoms with van der Waals surface area (Å²) in [4.78, 5) is 5.04. The third-order valence-corrected chi connectivity index (χ3v) is 9.66. The van der Waals surface area contributed by atoms with Gasteiger partial charge in [-0.15, -0.1) is 0 Å². The van der Waals surface area contributed by atoms with Crippen molar-refractivity contribution in [3.05, 3.63) is 53.3 Å². The monoisotopic (exact) mass is 565 g/mol. The Morgan fingerprint density at radius 2 is 1.37 bits per heavy atom. The van der Waals surface area contributed by atoms with Crippen LogP contribution in [0, 0.1) is 12.8 Å². The second-order valence-corrected chi connectivity index (χ2v) is 13.2. The van der Waals surface area contributed by atoms with Crippen LogP contribution in [-0.4, -0.2) is 83.5 Å². The maximum atomic E-state index is 11.7. The van der Waals surface area contributed by atoms with E-state index in [-0.39, 0.29) is 12.1 Å². The van der Waals surface area contributed by atoms with Crippen LogP contribution in [0.3, 0.4) is 0 Å². The fourth-order valence-electron chi connectivity index (χ4n) is 7.46. The van der Waals surface area contributed by atoms with E-state index < -0.39 is 0 Å². The van der Waals surface area contributed by atoms with Gasteiger partial charge in [0.05, 0.1) is 12.1 Å². The van der Waals surface area contributed by atoms with Crippen molar-refractivity contribution in [3.63, 3.8) is 0 Å². The van der Waals surface area contributed by atoms with Gasteiger partial charge in [-0.2, -0.15) is 0 Å². The van der Waals surface area contributed by atoms with Gasteiger partial charge in [-0.1, -0.05) is 55.5 Å². The molecule has 1 aromatic rings. The minimum atomic E-state index is -0.224. The van der Waals surface area contributed by atoms with Gasteiger partial charge in [-0.25, -0.2) is 0 Å². The Balaban J connectivity index is 1.32. The Labute approximate surface area is 248 Å². The van der Waals surface area contributed by atoms with Crippen LogP contribution in [0.4, 0.5) is 0 Å². The van der Waals surface area contributed by atoms with E-state index >= 15 is 0 Å². The van der Waals surface area contributed by atoms with E-state index in [4.69, 9.17) is 0 Å². The van der Waals surface area contributed by atoms with Gasteiger partial charge in [0.15, 0.2) is 0 Å². The first-order valence-corrected chi connectivity index (χ1v) is 16.5. The SMILES string of the molecule is Cc1cc(CN(CC2CCCCN2)CC2CCCCN2)c(O)c(CN(CC2C=CC=CN2)CC2CCCCC2O)c1. The Morgan fingerprint density at radius 1 is 0.756 bits per heavy atom. The summed E-state index contributed by atoms with van der Waals surface area (Å²) in [5.74, 6) is 0.745. The van der Waals surface area contributed by atoms with Gasteiger partial charge in [0.25, 0.3) is 0 Å². The molecule has 1 saturated carbocycles. The maximum absolute atomic E-state index is 11.7. The van der Waals surface area contributed by atoms with Crippen LogP contribution in [0.15, 0.2) is 36.6 Å². The number of aliphatic hydroxyl groups is 1. The number of nitrogens with zero attached hydrogens (tertiary/aromatic N) is 2. The van der Waals surface area contributed by atoms with Crippen molar-refractivity contribution >= 4 is 0 Å². The average molecular weight is 566 g/mol. The molecule has 3 heterocycles. The molecule has 0 radical (unpaired) electrons. The number of allylic oxidation sites excluding steroid dienone is 2. The molecule has 5 N–H and O–H groups in total. The highest BCUT2D eigenvalue weighted by atomic mass is 16.3. The number of aliphatic hydroxyl groups excluding tert-OH is 1. The Bertz CT molecular complexity index is 981. The van der Waals surface area contributed by atoms with E-state index in [2.05, 4.69) is 57.0 Å². The average Bonchev–Trinajstić information content (AvgIpc) is 2.98. The Morgan fingerprint density at radius 3 is 1.93 bits per heavy atom. The summed E-state index contributed by atoms with van der Waals surface area (Å²) < 4.78 is 0. The number of phenols is 1. The molecule has 4 aliphatic rings. The number of aryl methyl sites for hydroxylation is 1. The molecule has 0 amide bonds. The third kappa shape index (κ3) is 9.29. The second kappa shape index (κ2) is 15.5. The summed E-state index contributed by atoms with van der Waals surface area (Å²) >= 11 is 0. The van der Waals surface area contributed by atoms with E-state index in [1.54, 1.807) is 0 Å². The summed E-state index contributed by atoms with van der Waals surface area (Å²) in [6.07, 6.45) is 20.1. The smallest absolute Gasteiger partial charge is 0.124 e. The fraction of sp³-hybridized carbons (Fsp3) is 0.706. The largest absolute Gasteiger partial charge is 0.507 e. The number of benzene rings is 1. The Kier molecular flexibility index (Phi) is 11.6. The van der Waals surface area contributed by atoms with Crippen LogP contribution in [0.25, 0.3) is 0 Å². The van der Waals surface area contributed by atoms with Crippen LogP contribution in [-0.2, 0) is 13.1 Å². The molecule has 1 aromatic carbocycles. The number of hydrogen-bond donors (Lipinski definition) is 5. The van der Waals surface area contributed by atoms with Gasteiger partial charge in [0.1, 0.15) is 5.75 Å². The molecule has 7 heteroatoms. The first-order valence-electron chi connectivity index (χ1n) is 16.5. The molecule has 1 aliphatic carbocycles. The number of dihydropyridines is 1. The second-order valence-electron chi connectivity index (χ2n) is 13.2. The predicted octanol–water partition coefficient (Wildman–Crippen LogP) is 4.18. The lowest BCUT2D eigenvalue weighted by Gasteiger charge is -2.35. The first kappa shape index (κ1) is 30.6. The molecule has 5 unspecified atom stereocenters. The topological polar surface area (TPSA) is 83.0 Å². The van der Waals surface area contributed by atoms with Crippen LogP contribution >= 0.6 is 0 Å². The number of phenolic OH excluding ortho intramolecular Hbond substituents is 1. The zero-order valence-electron chi connectivity index (χ0n) is 25.4. The van der Waals surface area contributed by atoms with Gasteiger partial charge >= 0.3 is 0 Å². The van der Waals surface area contributed by atoms with Crippen LogP contribution in [0.2, 0.25) is 0 Å². The number of aromatic hydroxyl groups is 1. The molecular weight excluding hydrogens is 510 g/mol. The van der Waals surface area contributed by atoms with Crippen molar-refractivity contribution < 1.29 is 10.2 Å². The quantitative estimate of drug-likeness (QED) is 0.260. The predicted molar refractivity (Wildman–Crippen MR) is 168 cm³/mol. The molecule has 41 heavy (non-hydrogen) atoms. The summed E-state index contributed by atoms with van der Waals surface area (Å²) in [6.45, 7) is 9.61. The zero-order chi connectivity index (χ0) is 28.4. The maximum Gasteiger partial charge on any atom is 0.124 e. The summed E-state index contributed by atoms with van der Waals surface area (Å²) in [5, 5.41) is 33.5. The van der Waals surface area contributed by atoms with E-state index in [9.17, 15) is 10.2 Å². The normalized spacial score (nSPS) is 28.7. The van der Waals surface area contributed by atoms with Crippen molar-refractivity contribution in [1.29, 1.82) is 0 Å². The number of hydrogen-bond acceptors (Lipinski definition) is 7. The highest BCUT2D eigenvalue weighted by molar-refractivity contribution is 5.43. The van der Waals surface area contributed by atoms with Crippen LogP contribution < -0.4 is 16.0 Å². The highest BCUT2D eigenvalue weighted by Crippen LogP contribution is 2.30. The summed E-state index contributed by atoms with van der Waals surface area (Å²) in [5.41, 5.74) is 3.26. The summed E-state index contributed by atoms with van der Waals surface area (Å²) in [6, 6.07) is 5.65. The lowest BCUT2D eigenvalue weighted by molar-refractivity contribution is 0.0436. The van der Waals surface area contributed by atoms with Crippen molar-refractivity contribution in [2.75, 3.05) is 39.3 Å². The Hall–Kier alpha value is -1.90. The minimum absolute atomic E-state index is 0.224. The molecule has 0 spiro atoms. The number of nitrogens with one attached hydrogen (secondary N) is 3. The number of rotatable bonds is 12. The van der Waals surface area contributed by atoms with Gasteiger partial charge < -0.3 is 26.2 Å². The zero-order valence-corrected chi connectivity index (χ0v) is 25.4. The molecule has 0 aromatic heterocycles. The number of piperidine rings is 2. The van der Waals surface area contributed by atoms with Crippen molar-refractivity contribution in [2.24, 2.45) is 5.92 Å². The van der Waals surface area contributed by atoms with E-state index in [1.165, 1.54) is 50.5 Å². The molecule has 228 valence electrons. The highest BCUT2D eigenvalue weighted by Gasteiger charge is 2.27. The molecular formula is C34H55N5O2. The van der Waals surface area contributed by atoms with E-state index in [0.717, 1.165) is 76.2 Å². The molecule has 5 atom stereocenters. The van der Waals surface area contributed by atoms with Crippen LogP contribution in [0.5, 0.6) is 5.75 Å².